The summed E-state index contributed by atoms with van der Waals surface area (Å²) in [5.74, 6) is 0.0362. The molecule has 1 amide bonds. The normalized spacial score (nSPS) is 10.7. The molecule has 0 aliphatic heterocycles. The maximum Gasteiger partial charge on any atom is 0.224 e. The number of nitrogens with one attached hydrogen (secondary N) is 1. The maximum absolute atomic E-state index is 12.3. The van der Waals surface area contributed by atoms with E-state index in [0.717, 1.165) is 33.2 Å². The molecule has 1 heterocycles. The van der Waals surface area contributed by atoms with E-state index in [4.69, 9.17) is 0 Å². The molecule has 0 saturated carbocycles. The Hall–Kier alpha value is -2.53. The van der Waals surface area contributed by atoms with Crippen molar-refractivity contribution in [2.75, 3.05) is 11.6 Å². The van der Waals surface area contributed by atoms with E-state index in [1.165, 1.54) is 0 Å². The fraction of sp³-hybridized carbons (Fsp3) is 0.238. The first-order valence-electron chi connectivity index (χ1n) is 8.62. The molecule has 0 saturated heterocycles. The number of hydrogen-bond acceptors (Lipinski definition) is 3. The molecule has 0 radical (unpaired) electrons. The fourth-order valence-electron chi connectivity index (χ4n) is 2.91. The predicted octanol–water partition coefficient (Wildman–Crippen LogP) is 4.78. The number of para-hydroxylation sites is 1. The van der Waals surface area contributed by atoms with Gasteiger partial charge in [0.15, 0.2) is 0 Å². The van der Waals surface area contributed by atoms with Gasteiger partial charge in [0.05, 0.1) is 17.1 Å². The second kappa shape index (κ2) is 8.23. The summed E-state index contributed by atoms with van der Waals surface area (Å²) in [7, 11) is 0. The van der Waals surface area contributed by atoms with Crippen LogP contribution >= 0.6 is 11.8 Å². The molecule has 0 unspecified atom stereocenters. The van der Waals surface area contributed by atoms with Crippen LogP contribution in [0.4, 0.5) is 5.69 Å². The van der Waals surface area contributed by atoms with E-state index in [-0.39, 0.29) is 5.91 Å². The summed E-state index contributed by atoms with van der Waals surface area (Å²) in [6, 6.07) is 18.2. The van der Waals surface area contributed by atoms with E-state index in [2.05, 4.69) is 40.7 Å². The summed E-state index contributed by atoms with van der Waals surface area (Å²) in [5.41, 5.74) is 5.18. The second-order valence-corrected chi connectivity index (χ2v) is 7.10. The zero-order valence-corrected chi connectivity index (χ0v) is 16.1. The van der Waals surface area contributed by atoms with Crippen molar-refractivity contribution in [3.05, 3.63) is 71.5 Å². The Morgan fingerprint density at radius 1 is 1.12 bits per heavy atom. The minimum Gasteiger partial charge on any atom is -0.325 e. The first kappa shape index (κ1) is 18.3. The summed E-state index contributed by atoms with van der Waals surface area (Å²) in [5, 5.41) is 7.50. The molecule has 2 aromatic carbocycles. The second-order valence-electron chi connectivity index (χ2n) is 6.25. The van der Waals surface area contributed by atoms with Crippen LogP contribution in [0.15, 0.2) is 59.5 Å². The average Bonchev–Trinajstić information content (AvgIpc) is 2.99. The van der Waals surface area contributed by atoms with Crippen LogP contribution in [0.2, 0.25) is 0 Å². The number of rotatable bonds is 6. The van der Waals surface area contributed by atoms with Crippen molar-refractivity contribution >= 4 is 23.4 Å². The number of aryl methyl sites for hydroxylation is 3. The van der Waals surface area contributed by atoms with Crippen molar-refractivity contribution in [1.29, 1.82) is 0 Å². The first-order valence-corrected chi connectivity index (χ1v) is 9.85. The van der Waals surface area contributed by atoms with Crippen molar-refractivity contribution in [3.63, 3.8) is 0 Å². The molecule has 0 aliphatic carbocycles. The molecule has 134 valence electrons. The van der Waals surface area contributed by atoms with Crippen molar-refractivity contribution in [1.82, 2.24) is 9.78 Å². The third-order valence-electron chi connectivity index (χ3n) is 4.21. The number of carbonyl (C=O) groups excluding carboxylic acids is 1. The molecule has 4 nitrogen and oxygen atoms in total. The number of thioether (sulfide) groups is 1. The summed E-state index contributed by atoms with van der Waals surface area (Å²) in [6.07, 6.45) is 3.18. The van der Waals surface area contributed by atoms with Crippen LogP contribution in [0, 0.1) is 13.8 Å². The van der Waals surface area contributed by atoms with Gasteiger partial charge in [-0.05, 0) is 62.4 Å². The van der Waals surface area contributed by atoms with Gasteiger partial charge in [-0.1, -0.05) is 24.3 Å². The molecule has 0 fully saturated rings. The Bertz CT molecular complexity index is 900. The van der Waals surface area contributed by atoms with Gasteiger partial charge in [0.2, 0.25) is 5.91 Å². The van der Waals surface area contributed by atoms with Gasteiger partial charge in [-0.15, -0.1) is 11.8 Å². The van der Waals surface area contributed by atoms with Gasteiger partial charge in [-0.25, -0.2) is 4.68 Å². The van der Waals surface area contributed by atoms with Crippen LogP contribution in [0.25, 0.3) is 5.69 Å². The van der Waals surface area contributed by atoms with Crippen LogP contribution in [-0.4, -0.2) is 21.9 Å². The Labute approximate surface area is 158 Å². The topological polar surface area (TPSA) is 46.9 Å². The number of anilines is 1. The SMILES string of the molecule is CSc1ccccc1NC(=O)CCc1ccc(-n2nc(C)cc2C)cc1. The molecule has 1 aromatic heterocycles. The molecule has 0 spiro atoms. The lowest BCUT2D eigenvalue weighted by molar-refractivity contribution is -0.116. The minimum absolute atomic E-state index is 0.0362. The predicted molar refractivity (Wildman–Crippen MR) is 108 cm³/mol. The van der Waals surface area contributed by atoms with E-state index >= 15 is 0 Å². The van der Waals surface area contributed by atoms with Gasteiger partial charge in [-0.2, -0.15) is 5.10 Å². The minimum atomic E-state index is 0.0362. The van der Waals surface area contributed by atoms with Crippen molar-refractivity contribution in [3.8, 4) is 5.69 Å². The van der Waals surface area contributed by atoms with E-state index in [0.29, 0.717) is 12.8 Å². The van der Waals surface area contributed by atoms with Crippen molar-refractivity contribution in [2.24, 2.45) is 0 Å². The lowest BCUT2D eigenvalue weighted by atomic mass is 10.1. The highest BCUT2D eigenvalue weighted by molar-refractivity contribution is 7.98. The monoisotopic (exact) mass is 365 g/mol. The molecule has 0 bridgehead atoms. The fourth-order valence-corrected chi connectivity index (χ4v) is 3.47. The molecular weight excluding hydrogens is 342 g/mol. The summed E-state index contributed by atoms with van der Waals surface area (Å²) in [4.78, 5) is 13.3. The number of benzene rings is 2. The van der Waals surface area contributed by atoms with Crippen LogP contribution in [0.5, 0.6) is 0 Å². The number of aromatic nitrogens is 2. The maximum atomic E-state index is 12.3. The first-order chi connectivity index (χ1) is 12.6. The Kier molecular flexibility index (Phi) is 5.78. The quantitative estimate of drug-likeness (QED) is 0.639. The van der Waals surface area contributed by atoms with E-state index in [1.54, 1.807) is 11.8 Å². The molecular formula is C21H23N3OS. The van der Waals surface area contributed by atoms with Crippen LogP contribution in [-0.2, 0) is 11.2 Å². The van der Waals surface area contributed by atoms with Gasteiger partial charge < -0.3 is 5.32 Å². The summed E-state index contributed by atoms with van der Waals surface area (Å²) in [6.45, 7) is 4.04. The lowest BCUT2D eigenvalue weighted by Crippen LogP contribution is -2.13. The number of nitrogens with zero attached hydrogens (tertiary/aromatic N) is 2. The molecule has 3 rings (SSSR count). The van der Waals surface area contributed by atoms with Crippen LogP contribution < -0.4 is 5.32 Å². The molecule has 26 heavy (non-hydrogen) atoms. The van der Waals surface area contributed by atoms with Crippen LogP contribution in [0.3, 0.4) is 0 Å². The van der Waals surface area contributed by atoms with Crippen LogP contribution in [0.1, 0.15) is 23.4 Å². The Morgan fingerprint density at radius 2 is 1.85 bits per heavy atom. The number of hydrogen-bond donors (Lipinski definition) is 1. The zero-order valence-electron chi connectivity index (χ0n) is 15.3. The molecule has 5 heteroatoms. The van der Waals surface area contributed by atoms with Gasteiger partial charge in [-0.3, -0.25) is 4.79 Å². The molecule has 3 aromatic rings. The van der Waals surface area contributed by atoms with Gasteiger partial charge >= 0.3 is 0 Å². The largest absolute Gasteiger partial charge is 0.325 e. The standard InChI is InChI=1S/C21H23N3OS/c1-15-14-16(2)24(23-15)18-11-8-17(9-12-18)10-13-21(25)22-19-6-4-5-7-20(19)26-3/h4-9,11-12,14H,10,13H2,1-3H3,(H,22,25). The summed E-state index contributed by atoms with van der Waals surface area (Å²) < 4.78 is 1.94. The van der Waals surface area contributed by atoms with Gasteiger partial charge in [0, 0.05) is 17.0 Å². The van der Waals surface area contributed by atoms with Gasteiger partial charge in [0.1, 0.15) is 0 Å². The molecule has 1 N–H and O–H groups in total. The smallest absolute Gasteiger partial charge is 0.224 e. The third kappa shape index (κ3) is 4.35. The third-order valence-corrected chi connectivity index (χ3v) is 5.01. The highest BCUT2D eigenvalue weighted by Crippen LogP contribution is 2.24. The molecule has 0 atom stereocenters. The zero-order chi connectivity index (χ0) is 18.5. The van der Waals surface area contributed by atoms with E-state index in [1.807, 2.05) is 49.1 Å². The van der Waals surface area contributed by atoms with Gasteiger partial charge in [0.25, 0.3) is 0 Å². The highest BCUT2D eigenvalue weighted by Gasteiger charge is 2.07. The number of amides is 1. The van der Waals surface area contributed by atoms with E-state index < -0.39 is 0 Å². The lowest BCUT2D eigenvalue weighted by Gasteiger charge is -2.09. The molecule has 0 aliphatic rings. The summed E-state index contributed by atoms with van der Waals surface area (Å²) >= 11 is 1.63. The average molecular weight is 366 g/mol. The van der Waals surface area contributed by atoms with Crippen molar-refractivity contribution in [2.45, 2.75) is 31.6 Å². The van der Waals surface area contributed by atoms with E-state index in [9.17, 15) is 4.79 Å². The Morgan fingerprint density at radius 3 is 2.50 bits per heavy atom. The number of carbonyl (C=O) groups is 1. The van der Waals surface area contributed by atoms with Crippen molar-refractivity contribution < 1.29 is 4.79 Å². The highest BCUT2D eigenvalue weighted by atomic mass is 32.2. The Balaban J connectivity index is 1.59.